The second-order valence-electron chi connectivity index (χ2n) is 5.33. The number of carbonyl (C=O) groups excluding carboxylic acids is 1. The van der Waals surface area contributed by atoms with E-state index in [1.54, 1.807) is 23.7 Å². The fraction of sp³-hybridized carbons (Fsp3) is 0.188. The van der Waals surface area contributed by atoms with Crippen LogP contribution < -0.4 is 5.32 Å². The van der Waals surface area contributed by atoms with E-state index in [1.807, 2.05) is 0 Å². The molecule has 128 valence electrons. The van der Waals surface area contributed by atoms with Crippen LogP contribution in [0.3, 0.4) is 0 Å². The topological polar surface area (TPSA) is 112 Å². The van der Waals surface area contributed by atoms with Gasteiger partial charge in [0.15, 0.2) is 0 Å². The van der Waals surface area contributed by atoms with Crippen LogP contribution in [0.5, 0.6) is 0 Å². The lowest BCUT2D eigenvalue weighted by molar-refractivity contribution is -0.384. The maximum Gasteiger partial charge on any atom is 0.338 e. The molecular formula is C16H15N5O4. The fourth-order valence-corrected chi connectivity index (χ4v) is 2.65. The van der Waals surface area contributed by atoms with Gasteiger partial charge in [-0.2, -0.15) is 10.1 Å². The first-order chi connectivity index (χ1) is 12.0. The van der Waals surface area contributed by atoms with Gasteiger partial charge in [0.05, 0.1) is 10.5 Å². The summed E-state index contributed by atoms with van der Waals surface area (Å²) in [5.74, 6) is -0.0458. The summed E-state index contributed by atoms with van der Waals surface area (Å²) in [6.07, 6.45) is 2.85. The number of benzene rings is 1. The summed E-state index contributed by atoms with van der Waals surface area (Å²) in [4.78, 5) is 27.0. The number of nitrogens with one attached hydrogen (secondary N) is 1. The standard InChI is InChI=1S/C16H15N5O4/c1-3-8-25-15(22)13-10(2)19-16-17-9-18-20(16)14(13)11-4-6-12(7-5-11)21(23)24/h3-7,9,14H,1,8H2,2H3,(H,17,18,19)/t14-/m0/s1. The van der Waals surface area contributed by atoms with Crippen molar-refractivity contribution in [1.82, 2.24) is 14.8 Å². The Morgan fingerprint density at radius 1 is 1.48 bits per heavy atom. The minimum Gasteiger partial charge on any atom is -0.458 e. The smallest absolute Gasteiger partial charge is 0.338 e. The zero-order valence-corrected chi connectivity index (χ0v) is 13.4. The Kier molecular flexibility index (Phi) is 4.29. The fourth-order valence-electron chi connectivity index (χ4n) is 2.65. The van der Waals surface area contributed by atoms with E-state index < -0.39 is 16.9 Å². The summed E-state index contributed by atoms with van der Waals surface area (Å²) in [6.45, 7) is 5.34. The molecule has 1 aromatic carbocycles. The SMILES string of the molecule is C=CCOC(=O)C1=C(C)Nc2ncnn2[C@H]1c1ccc([N+](=O)[O-])cc1. The molecule has 0 saturated heterocycles. The third-order valence-electron chi connectivity index (χ3n) is 3.77. The van der Waals surface area contributed by atoms with Gasteiger partial charge in [0, 0.05) is 17.8 Å². The highest BCUT2D eigenvalue weighted by Gasteiger charge is 2.34. The van der Waals surface area contributed by atoms with Crippen LogP contribution in [-0.4, -0.2) is 32.3 Å². The summed E-state index contributed by atoms with van der Waals surface area (Å²) >= 11 is 0. The van der Waals surface area contributed by atoms with Crippen LogP contribution in [0.25, 0.3) is 0 Å². The molecule has 0 unspecified atom stereocenters. The van der Waals surface area contributed by atoms with Crippen molar-refractivity contribution < 1.29 is 14.5 Å². The number of nitrogens with zero attached hydrogens (tertiary/aromatic N) is 4. The number of anilines is 1. The van der Waals surface area contributed by atoms with Gasteiger partial charge < -0.3 is 10.1 Å². The minimum atomic E-state index is -0.600. The summed E-state index contributed by atoms with van der Waals surface area (Å²) in [7, 11) is 0. The molecule has 0 aliphatic carbocycles. The average molecular weight is 341 g/mol. The monoisotopic (exact) mass is 341 g/mol. The summed E-state index contributed by atoms with van der Waals surface area (Å²) in [5, 5.41) is 18.0. The number of ether oxygens (including phenoxy) is 1. The molecule has 0 radical (unpaired) electrons. The van der Waals surface area contributed by atoms with E-state index in [4.69, 9.17) is 4.74 Å². The van der Waals surface area contributed by atoms with Crippen LogP contribution in [0, 0.1) is 10.1 Å². The number of nitro groups is 1. The molecule has 1 atom stereocenters. The van der Waals surface area contributed by atoms with Crippen LogP contribution in [0.15, 0.2) is 54.5 Å². The summed E-state index contributed by atoms with van der Waals surface area (Å²) in [6, 6.07) is 5.35. The number of fused-ring (bicyclic) bond motifs is 1. The van der Waals surface area contributed by atoms with Crippen molar-refractivity contribution in [2.45, 2.75) is 13.0 Å². The molecule has 0 amide bonds. The van der Waals surface area contributed by atoms with E-state index in [0.717, 1.165) is 0 Å². The number of allylic oxidation sites excluding steroid dienone is 1. The molecule has 0 saturated carbocycles. The van der Waals surface area contributed by atoms with Crippen molar-refractivity contribution in [3.05, 3.63) is 70.2 Å². The van der Waals surface area contributed by atoms with E-state index >= 15 is 0 Å². The summed E-state index contributed by atoms with van der Waals surface area (Å²) in [5.41, 5.74) is 1.56. The van der Waals surface area contributed by atoms with Gasteiger partial charge in [-0.3, -0.25) is 10.1 Å². The number of non-ortho nitro benzene ring substituents is 1. The van der Waals surface area contributed by atoms with Crippen molar-refractivity contribution in [3.8, 4) is 0 Å². The van der Waals surface area contributed by atoms with Crippen LogP contribution in [0.1, 0.15) is 18.5 Å². The summed E-state index contributed by atoms with van der Waals surface area (Å²) < 4.78 is 6.72. The molecule has 0 spiro atoms. The lowest BCUT2D eigenvalue weighted by Crippen LogP contribution is -2.29. The molecule has 9 nitrogen and oxygen atoms in total. The minimum absolute atomic E-state index is 0.0343. The molecule has 2 aromatic rings. The maximum atomic E-state index is 12.5. The number of esters is 1. The normalized spacial score (nSPS) is 16.0. The first-order valence-electron chi connectivity index (χ1n) is 7.42. The van der Waals surface area contributed by atoms with Gasteiger partial charge in [0.2, 0.25) is 5.95 Å². The van der Waals surface area contributed by atoms with E-state index in [9.17, 15) is 14.9 Å². The molecule has 1 aliphatic rings. The third kappa shape index (κ3) is 2.99. The second kappa shape index (κ2) is 6.56. The second-order valence-corrected chi connectivity index (χ2v) is 5.33. The highest BCUT2D eigenvalue weighted by Crippen LogP contribution is 2.35. The van der Waals surface area contributed by atoms with Gasteiger partial charge in [0.25, 0.3) is 5.69 Å². The van der Waals surface area contributed by atoms with Crippen molar-refractivity contribution >= 4 is 17.6 Å². The van der Waals surface area contributed by atoms with E-state index in [2.05, 4.69) is 22.0 Å². The number of nitro benzene ring substituents is 1. The highest BCUT2D eigenvalue weighted by atomic mass is 16.6. The first kappa shape index (κ1) is 16.4. The molecule has 2 heterocycles. The molecule has 25 heavy (non-hydrogen) atoms. The van der Waals surface area contributed by atoms with Gasteiger partial charge >= 0.3 is 5.97 Å². The van der Waals surface area contributed by atoms with Gasteiger partial charge in [-0.1, -0.05) is 12.7 Å². The number of rotatable bonds is 5. The largest absolute Gasteiger partial charge is 0.458 e. The quantitative estimate of drug-likeness (QED) is 0.384. The Morgan fingerprint density at radius 3 is 2.84 bits per heavy atom. The molecule has 1 aliphatic heterocycles. The van der Waals surface area contributed by atoms with Crippen molar-refractivity contribution in [1.29, 1.82) is 0 Å². The van der Waals surface area contributed by atoms with E-state index in [1.165, 1.54) is 24.5 Å². The van der Waals surface area contributed by atoms with Crippen molar-refractivity contribution in [2.24, 2.45) is 0 Å². The predicted molar refractivity (Wildman–Crippen MR) is 88.7 cm³/mol. The Morgan fingerprint density at radius 2 is 2.20 bits per heavy atom. The maximum absolute atomic E-state index is 12.5. The molecule has 1 aromatic heterocycles. The number of hydrogen-bond donors (Lipinski definition) is 1. The van der Waals surface area contributed by atoms with E-state index in [-0.39, 0.29) is 12.3 Å². The molecule has 3 rings (SSSR count). The van der Waals surface area contributed by atoms with Crippen LogP contribution in [0.4, 0.5) is 11.6 Å². The van der Waals surface area contributed by atoms with Gasteiger partial charge in [-0.25, -0.2) is 9.48 Å². The Bertz CT molecular complexity index is 869. The number of aromatic nitrogens is 3. The zero-order valence-electron chi connectivity index (χ0n) is 13.4. The Hall–Kier alpha value is -3.49. The van der Waals surface area contributed by atoms with Gasteiger partial charge in [-0.15, -0.1) is 0 Å². The van der Waals surface area contributed by atoms with Crippen LogP contribution in [0.2, 0.25) is 0 Å². The first-order valence-corrected chi connectivity index (χ1v) is 7.42. The molecule has 0 bridgehead atoms. The third-order valence-corrected chi connectivity index (χ3v) is 3.77. The molecule has 9 heteroatoms. The number of hydrogen-bond acceptors (Lipinski definition) is 7. The van der Waals surface area contributed by atoms with Gasteiger partial charge in [0.1, 0.15) is 19.0 Å². The highest BCUT2D eigenvalue weighted by molar-refractivity contribution is 5.92. The average Bonchev–Trinajstić information content (AvgIpc) is 3.06. The lowest BCUT2D eigenvalue weighted by Gasteiger charge is -2.28. The molecular weight excluding hydrogens is 326 g/mol. The molecule has 1 N–H and O–H groups in total. The Balaban J connectivity index is 2.07. The number of carbonyl (C=O) groups is 1. The zero-order chi connectivity index (χ0) is 18.0. The lowest BCUT2D eigenvalue weighted by atomic mass is 9.95. The van der Waals surface area contributed by atoms with Gasteiger partial charge in [-0.05, 0) is 24.6 Å². The van der Waals surface area contributed by atoms with Crippen LogP contribution >= 0.6 is 0 Å². The van der Waals surface area contributed by atoms with E-state index in [0.29, 0.717) is 22.8 Å². The molecule has 0 fully saturated rings. The van der Waals surface area contributed by atoms with Crippen molar-refractivity contribution in [2.75, 3.05) is 11.9 Å². The Labute approximate surface area is 142 Å². The van der Waals surface area contributed by atoms with Crippen LogP contribution in [-0.2, 0) is 9.53 Å². The predicted octanol–water partition coefficient (Wildman–Crippen LogP) is 2.20. The van der Waals surface area contributed by atoms with Crippen molar-refractivity contribution in [3.63, 3.8) is 0 Å².